The van der Waals surface area contributed by atoms with E-state index in [4.69, 9.17) is 0 Å². The van der Waals surface area contributed by atoms with Crippen LogP contribution in [-0.4, -0.2) is 21.9 Å². The average molecular weight is 371 g/mol. The van der Waals surface area contributed by atoms with Gasteiger partial charge in [0.15, 0.2) is 4.34 Å². The predicted molar refractivity (Wildman–Crippen MR) is 103 cm³/mol. The Morgan fingerprint density at radius 3 is 2.60 bits per heavy atom. The van der Waals surface area contributed by atoms with Gasteiger partial charge in [-0.15, -0.1) is 10.2 Å². The van der Waals surface area contributed by atoms with Gasteiger partial charge in [-0.25, -0.2) is 0 Å². The van der Waals surface area contributed by atoms with Crippen LogP contribution in [0, 0.1) is 6.92 Å². The third-order valence-corrected chi connectivity index (χ3v) is 5.34. The molecule has 0 aliphatic carbocycles. The van der Waals surface area contributed by atoms with Gasteiger partial charge in [0.2, 0.25) is 11.0 Å². The predicted octanol–water partition coefficient (Wildman–Crippen LogP) is 4.00. The minimum Gasteiger partial charge on any atom is -0.351 e. The monoisotopic (exact) mass is 370 g/mol. The van der Waals surface area contributed by atoms with E-state index in [1.807, 2.05) is 61.5 Å². The molecule has 0 bridgehead atoms. The molecule has 0 radical (unpaired) electrons. The summed E-state index contributed by atoms with van der Waals surface area (Å²) in [7, 11) is 0. The van der Waals surface area contributed by atoms with E-state index in [1.54, 1.807) is 0 Å². The molecule has 1 amide bonds. The summed E-state index contributed by atoms with van der Waals surface area (Å²) in [5, 5.41) is 15.0. The summed E-state index contributed by atoms with van der Waals surface area (Å²) in [5.41, 5.74) is 3.27. The van der Waals surface area contributed by atoms with Gasteiger partial charge in [-0.1, -0.05) is 71.1 Å². The van der Waals surface area contributed by atoms with Gasteiger partial charge < -0.3 is 10.6 Å². The molecular weight excluding hydrogens is 352 g/mol. The molecule has 0 unspecified atom stereocenters. The number of nitrogens with zero attached hydrogens (tertiary/aromatic N) is 2. The van der Waals surface area contributed by atoms with Crippen LogP contribution in [0.5, 0.6) is 0 Å². The Labute approximate surface area is 154 Å². The van der Waals surface area contributed by atoms with E-state index in [2.05, 4.69) is 20.8 Å². The van der Waals surface area contributed by atoms with Crippen LogP contribution in [0.2, 0.25) is 0 Å². The Hall–Kier alpha value is -2.38. The van der Waals surface area contributed by atoms with Crippen LogP contribution in [0.15, 0.2) is 58.9 Å². The molecule has 3 rings (SSSR count). The number of nitrogens with one attached hydrogen (secondary N) is 2. The van der Waals surface area contributed by atoms with E-state index in [0.29, 0.717) is 17.4 Å². The minimum atomic E-state index is -0.0154. The topological polar surface area (TPSA) is 66.9 Å². The van der Waals surface area contributed by atoms with Crippen molar-refractivity contribution in [1.29, 1.82) is 0 Å². The zero-order valence-electron chi connectivity index (χ0n) is 13.7. The standard InChI is InChI=1S/C18H18N4OS2/c1-13-7-9-14(10-8-13)11-19-16(23)12-24-18-22-21-17(25-18)20-15-5-3-2-4-6-15/h2-10H,11-12H2,1H3,(H,19,23)(H,20,21). The molecule has 1 aromatic heterocycles. The zero-order chi connectivity index (χ0) is 17.5. The van der Waals surface area contributed by atoms with E-state index >= 15 is 0 Å². The number of rotatable bonds is 7. The summed E-state index contributed by atoms with van der Waals surface area (Å²) in [6, 6.07) is 17.9. The van der Waals surface area contributed by atoms with Crippen molar-refractivity contribution >= 4 is 39.8 Å². The molecule has 0 atom stereocenters. The van der Waals surface area contributed by atoms with E-state index in [-0.39, 0.29) is 5.91 Å². The number of carbonyl (C=O) groups excluding carboxylic acids is 1. The third-order valence-electron chi connectivity index (χ3n) is 3.37. The maximum atomic E-state index is 12.0. The number of anilines is 2. The van der Waals surface area contributed by atoms with E-state index in [0.717, 1.165) is 15.6 Å². The molecule has 2 N–H and O–H groups in total. The molecule has 128 valence electrons. The van der Waals surface area contributed by atoms with Crippen molar-refractivity contribution in [2.24, 2.45) is 0 Å². The largest absolute Gasteiger partial charge is 0.351 e. The van der Waals surface area contributed by atoms with Crippen molar-refractivity contribution in [2.75, 3.05) is 11.1 Å². The Bertz CT molecular complexity index is 819. The number of hydrogen-bond donors (Lipinski definition) is 2. The molecular formula is C18H18N4OS2. The Kier molecular flexibility index (Phi) is 6.03. The first-order chi connectivity index (χ1) is 12.2. The zero-order valence-corrected chi connectivity index (χ0v) is 15.4. The fourth-order valence-electron chi connectivity index (χ4n) is 2.05. The highest BCUT2D eigenvalue weighted by Crippen LogP contribution is 2.27. The number of aryl methyl sites for hydroxylation is 1. The highest BCUT2D eigenvalue weighted by Gasteiger charge is 2.08. The van der Waals surface area contributed by atoms with Gasteiger partial charge in [-0.05, 0) is 24.6 Å². The second-order valence-corrected chi connectivity index (χ2v) is 7.62. The molecule has 5 nitrogen and oxygen atoms in total. The summed E-state index contributed by atoms with van der Waals surface area (Å²) in [6.07, 6.45) is 0. The van der Waals surface area contributed by atoms with Gasteiger partial charge in [0.25, 0.3) is 0 Å². The minimum absolute atomic E-state index is 0.0154. The molecule has 0 aliphatic rings. The summed E-state index contributed by atoms with van der Waals surface area (Å²) in [6.45, 7) is 2.58. The van der Waals surface area contributed by atoms with Crippen molar-refractivity contribution < 1.29 is 4.79 Å². The first kappa shape index (κ1) is 17.4. The normalized spacial score (nSPS) is 10.4. The number of thioether (sulfide) groups is 1. The van der Waals surface area contributed by atoms with Gasteiger partial charge in [0.05, 0.1) is 5.75 Å². The smallest absolute Gasteiger partial charge is 0.230 e. The number of aromatic nitrogens is 2. The summed E-state index contributed by atoms with van der Waals surface area (Å²) in [4.78, 5) is 12.0. The highest BCUT2D eigenvalue weighted by atomic mass is 32.2. The molecule has 0 saturated heterocycles. The summed E-state index contributed by atoms with van der Waals surface area (Å²) in [5.74, 6) is 0.310. The maximum Gasteiger partial charge on any atom is 0.230 e. The van der Waals surface area contributed by atoms with Gasteiger partial charge in [0, 0.05) is 12.2 Å². The lowest BCUT2D eigenvalue weighted by atomic mass is 10.1. The van der Waals surface area contributed by atoms with Gasteiger partial charge in [-0.3, -0.25) is 4.79 Å². The van der Waals surface area contributed by atoms with Crippen molar-refractivity contribution in [3.05, 3.63) is 65.7 Å². The molecule has 1 heterocycles. The Morgan fingerprint density at radius 2 is 1.84 bits per heavy atom. The number of hydrogen-bond acceptors (Lipinski definition) is 6. The number of para-hydroxylation sites is 1. The summed E-state index contributed by atoms with van der Waals surface area (Å²) >= 11 is 2.83. The van der Waals surface area contributed by atoms with Gasteiger partial charge in [0.1, 0.15) is 0 Å². The fraction of sp³-hybridized carbons (Fsp3) is 0.167. The average Bonchev–Trinajstić information content (AvgIpc) is 3.08. The molecule has 0 fully saturated rings. The molecule has 25 heavy (non-hydrogen) atoms. The van der Waals surface area contributed by atoms with Crippen LogP contribution in [0.25, 0.3) is 0 Å². The number of amides is 1. The third kappa shape index (κ3) is 5.58. The first-order valence-corrected chi connectivity index (χ1v) is 9.60. The Morgan fingerprint density at radius 1 is 1.08 bits per heavy atom. The van der Waals surface area contributed by atoms with Crippen LogP contribution in [0.3, 0.4) is 0 Å². The van der Waals surface area contributed by atoms with Gasteiger partial charge >= 0.3 is 0 Å². The van der Waals surface area contributed by atoms with E-state index < -0.39 is 0 Å². The van der Waals surface area contributed by atoms with Crippen LogP contribution in [0.4, 0.5) is 10.8 Å². The van der Waals surface area contributed by atoms with Crippen molar-refractivity contribution in [3.63, 3.8) is 0 Å². The number of carbonyl (C=O) groups is 1. The lowest BCUT2D eigenvalue weighted by Crippen LogP contribution is -2.24. The van der Waals surface area contributed by atoms with Crippen LogP contribution >= 0.6 is 23.1 Å². The molecule has 3 aromatic rings. The maximum absolute atomic E-state index is 12.0. The van der Waals surface area contributed by atoms with Crippen LogP contribution in [0.1, 0.15) is 11.1 Å². The van der Waals surface area contributed by atoms with E-state index in [9.17, 15) is 4.79 Å². The first-order valence-electron chi connectivity index (χ1n) is 7.80. The van der Waals surface area contributed by atoms with Crippen molar-refractivity contribution in [3.8, 4) is 0 Å². The highest BCUT2D eigenvalue weighted by molar-refractivity contribution is 8.01. The van der Waals surface area contributed by atoms with Crippen molar-refractivity contribution in [1.82, 2.24) is 15.5 Å². The van der Waals surface area contributed by atoms with Crippen molar-refractivity contribution in [2.45, 2.75) is 17.8 Å². The quantitative estimate of drug-likeness (QED) is 0.616. The second-order valence-electron chi connectivity index (χ2n) is 5.42. The molecule has 2 aromatic carbocycles. The number of benzene rings is 2. The fourth-order valence-corrected chi connectivity index (χ4v) is 3.65. The summed E-state index contributed by atoms with van der Waals surface area (Å²) < 4.78 is 0.768. The molecule has 0 saturated carbocycles. The van der Waals surface area contributed by atoms with Crippen LogP contribution < -0.4 is 10.6 Å². The lowest BCUT2D eigenvalue weighted by Gasteiger charge is -2.04. The molecule has 0 spiro atoms. The Balaban J connectivity index is 1.43. The van der Waals surface area contributed by atoms with Gasteiger partial charge in [-0.2, -0.15) is 0 Å². The van der Waals surface area contributed by atoms with E-state index in [1.165, 1.54) is 28.7 Å². The molecule has 0 aliphatic heterocycles. The second kappa shape index (κ2) is 8.64. The SMILES string of the molecule is Cc1ccc(CNC(=O)CSc2nnc(Nc3ccccc3)s2)cc1. The lowest BCUT2D eigenvalue weighted by molar-refractivity contribution is -0.118. The van der Waals surface area contributed by atoms with Crippen LogP contribution in [-0.2, 0) is 11.3 Å². The molecule has 7 heteroatoms.